The molecule has 0 aliphatic rings. The summed E-state index contributed by atoms with van der Waals surface area (Å²) in [5.41, 5.74) is 0.774. The summed E-state index contributed by atoms with van der Waals surface area (Å²) in [6.07, 6.45) is 1.42. The summed E-state index contributed by atoms with van der Waals surface area (Å²) >= 11 is 0. The molecule has 2 rings (SSSR count). The molecular formula is C8H8NO4P. The number of para-hydroxylation sites is 1. The van der Waals surface area contributed by atoms with E-state index in [1.54, 1.807) is 18.2 Å². The van der Waals surface area contributed by atoms with E-state index in [0.717, 1.165) is 5.52 Å². The van der Waals surface area contributed by atoms with Crippen LogP contribution in [0, 0.1) is 0 Å². The van der Waals surface area contributed by atoms with E-state index in [-0.39, 0.29) is 5.75 Å². The maximum atomic E-state index is 10.6. The summed E-state index contributed by atoms with van der Waals surface area (Å²) in [5.74, 6) is 0.161. The zero-order valence-corrected chi connectivity index (χ0v) is 7.94. The van der Waals surface area contributed by atoms with Gasteiger partial charge < -0.3 is 9.51 Å². The van der Waals surface area contributed by atoms with Crippen molar-refractivity contribution in [1.29, 1.82) is 0 Å². The van der Waals surface area contributed by atoms with Gasteiger partial charge in [0.25, 0.3) is 0 Å². The first-order valence-corrected chi connectivity index (χ1v) is 5.40. The van der Waals surface area contributed by atoms with Crippen molar-refractivity contribution in [3.63, 3.8) is 0 Å². The van der Waals surface area contributed by atoms with E-state index in [9.17, 15) is 4.57 Å². The largest absolute Gasteiger partial charge is 0.524 e. The first-order chi connectivity index (χ1) is 6.56. The van der Waals surface area contributed by atoms with Crippen LogP contribution < -0.4 is 4.52 Å². The molecule has 0 saturated carbocycles. The van der Waals surface area contributed by atoms with E-state index < -0.39 is 7.82 Å². The molecule has 3 N–H and O–H groups in total. The van der Waals surface area contributed by atoms with E-state index in [1.807, 2.05) is 6.07 Å². The summed E-state index contributed by atoms with van der Waals surface area (Å²) in [7, 11) is -4.48. The zero-order chi connectivity index (χ0) is 10.2. The highest BCUT2D eigenvalue weighted by Gasteiger charge is 2.18. The highest BCUT2D eigenvalue weighted by molar-refractivity contribution is 7.46. The number of nitrogens with one attached hydrogen (secondary N) is 1. The number of hydrogen-bond acceptors (Lipinski definition) is 2. The van der Waals surface area contributed by atoms with Crippen molar-refractivity contribution >= 4 is 18.7 Å². The Morgan fingerprint density at radius 3 is 2.71 bits per heavy atom. The van der Waals surface area contributed by atoms with Crippen molar-refractivity contribution < 1.29 is 18.9 Å². The minimum atomic E-state index is -4.48. The lowest BCUT2D eigenvalue weighted by Gasteiger charge is -2.04. The Balaban J connectivity index is 2.49. The van der Waals surface area contributed by atoms with Crippen LogP contribution in [0.25, 0.3) is 10.9 Å². The lowest BCUT2D eigenvalue weighted by atomic mass is 10.2. The van der Waals surface area contributed by atoms with E-state index in [0.29, 0.717) is 5.39 Å². The predicted octanol–water partition coefficient (Wildman–Crippen LogP) is 1.64. The van der Waals surface area contributed by atoms with Crippen molar-refractivity contribution in [3.05, 3.63) is 30.5 Å². The molecule has 0 atom stereocenters. The molecule has 74 valence electrons. The molecule has 0 aliphatic heterocycles. The lowest BCUT2D eigenvalue weighted by molar-refractivity contribution is 0.284. The van der Waals surface area contributed by atoms with Crippen LogP contribution in [-0.2, 0) is 4.57 Å². The third kappa shape index (κ3) is 1.80. The molecule has 6 heteroatoms. The van der Waals surface area contributed by atoms with E-state index in [4.69, 9.17) is 9.79 Å². The maximum Gasteiger partial charge on any atom is 0.524 e. The molecule has 1 heterocycles. The van der Waals surface area contributed by atoms with Gasteiger partial charge in [-0.05, 0) is 12.1 Å². The first-order valence-electron chi connectivity index (χ1n) is 3.87. The van der Waals surface area contributed by atoms with Gasteiger partial charge >= 0.3 is 7.82 Å². The van der Waals surface area contributed by atoms with Crippen LogP contribution in [0.5, 0.6) is 5.75 Å². The summed E-state index contributed by atoms with van der Waals surface area (Å²) in [6.45, 7) is 0. The zero-order valence-electron chi connectivity index (χ0n) is 7.04. The highest BCUT2D eigenvalue weighted by Crippen LogP contribution is 2.40. The normalized spacial score (nSPS) is 11.9. The highest BCUT2D eigenvalue weighted by atomic mass is 31.2. The monoisotopic (exact) mass is 213 g/mol. The Morgan fingerprint density at radius 1 is 1.29 bits per heavy atom. The summed E-state index contributed by atoms with van der Waals surface area (Å²) in [5, 5.41) is 0.649. The van der Waals surface area contributed by atoms with E-state index in [1.165, 1.54) is 6.20 Å². The van der Waals surface area contributed by atoms with Crippen LogP contribution in [0.1, 0.15) is 0 Å². The molecule has 2 aromatic rings. The molecule has 0 saturated heterocycles. The second-order valence-corrected chi connectivity index (χ2v) is 3.94. The average molecular weight is 213 g/mol. The SMILES string of the molecule is O=P(O)(O)Oc1c[nH]c2ccccc12. The number of hydrogen-bond donors (Lipinski definition) is 3. The van der Waals surface area contributed by atoms with Gasteiger partial charge in [0.15, 0.2) is 5.75 Å². The second kappa shape index (κ2) is 3.13. The number of aromatic amines is 1. The predicted molar refractivity (Wildman–Crippen MR) is 51.0 cm³/mol. The van der Waals surface area contributed by atoms with E-state index >= 15 is 0 Å². The minimum Gasteiger partial charge on any atom is -0.402 e. The third-order valence-electron chi connectivity index (χ3n) is 1.77. The van der Waals surface area contributed by atoms with Crippen molar-refractivity contribution in [1.82, 2.24) is 4.98 Å². The van der Waals surface area contributed by atoms with Gasteiger partial charge in [-0.1, -0.05) is 12.1 Å². The molecule has 1 aromatic heterocycles. The first kappa shape index (κ1) is 9.27. The molecule has 0 radical (unpaired) electrons. The number of rotatable bonds is 2. The van der Waals surface area contributed by atoms with E-state index in [2.05, 4.69) is 9.51 Å². The number of H-pyrrole nitrogens is 1. The van der Waals surface area contributed by atoms with Gasteiger partial charge in [0.2, 0.25) is 0 Å². The number of phosphoric ester groups is 1. The van der Waals surface area contributed by atoms with Crippen LogP contribution in [0.4, 0.5) is 0 Å². The molecule has 0 fully saturated rings. The number of aromatic nitrogens is 1. The average Bonchev–Trinajstić information content (AvgIpc) is 2.47. The molecule has 0 spiro atoms. The molecule has 1 aromatic carbocycles. The molecule has 5 nitrogen and oxygen atoms in total. The van der Waals surface area contributed by atoms with Crippen LogP contribution >= 0.6 is 7.82 Å². The molecular weight excluding hydrogens is 205 g/mol. The number of fused-ring (bicyclic) bond motifs is 1. The van der Waals surface area contributed by atoms with Crippen LogP contribution in [0.2, 0.25) is 0 Å². The standard InChI is InChI=1S/C8H8NO4P/c10-14(11,12)13-8-5-9-7-4-2-1-3-6(7)8/h1-5,9H,(H2,10,11,12). The maximum absolute atomic E-state index is 10.6. The van der Waals surface area contributed by atoms with Crippen LogP contribution in [0.15, 0.2) is 30.5 Å². The second-order valence-electron chi connectivity index (χ2n) is 2.78. The number of benzene rings is 1. The Labute approximate surface area is 79.6 Å². The smallest absolute Gasteiger partial charge is 0.402 e. The fourth-order valence-corrected chi connectivity index (χ4v) is 1.66. The molecule has 0 unspecified atom stereocenters. The Kier molecular flexibility index (Phi) is 2.07. The van der Waals surface area contributed by atoms with Crippen molar-refractivity contribution in [2.24, 2.45) is 0 Å². The summed E-state index contributed by atoms with van der Waals surface area (Å²) in [4.78, 5) is 20.1. The van der Waals surface area contributed by atoms with Crippen LogP contribution in [0.3, 0.4) is 0 Å². The molecule has 0 aliphatic carbocycles. The van der Waals surface area contributed by atoms with Gasteiger partial charge in [-0.15, -0.1) is 0 Å². The summed E-state index contributed by atoms with van der Waals surface area (Å²) in [6, 6.07) is 7.10. The van der Waals surface area contributed by atoms with Crippen molar-refractivity contribution in [3.8, 4) is 5.75 Å². The Hall–Kier alpha value is -1.29. The Bertz CT molecular complexity index is 501. The number of phosphoric acid groups is 1. The Morgan fingerprint density at radius 2 is 2.00 bits per heavy atom. The third-order valence-corrected chi connectivity index (χ3v) is 2.20. The molecule has 0 amide bonds. The fourth-order valence-electron chi connectivity index (χ4n) is 1.25. The van der Waals surface area contributed by atoms with Gasteiger partial charge in [-0.3, -0.25) is 9.79 Å². The van der Waals surface area contributed by atoms with Crippen molar-refractivity contribution in [2.45, 2.75) is 0 Å². The molecule has 0 bridgehead atoms. The van der Waals surface area contributed by atoms with Gasteiger partial charge in [0, 0.05) is 17.1 Å². The minimum absolute atomic E-state index is 0.161. The van der Waals surface area contributed by atoms with Gasteiger partial charge in [0.05, 0.1) is 0 Å². The van der Waals surface area contributed by atoms with Crippen LogP contribution in [-0.4, -0.2) is 14.8 Å². The van der Waals surface area contributed by atoms with Gasteiger partial charge in [-0.25, -0.2) is 4.57 Å². The summed E-state index contributed by atoms with van der Waals surface area (Å²) < 4.78 is 15.1. The lowest BCUT2D eigenvalue weighted by Crippen LogP contribution is -1.88. The quantitative estimate of drug-likeness (QED) is 0.662. The van der Waals surface area contributed by atoms with Gasteiger partial charge in [-0.2, -0.15) is 0 Å². The molecule has 14 heavy (non-hydrogen) atoms. The fraction of sp³-hybridized carbons (Fsp3) is 0. The van der Waals surface area contributed by atoms with Gasteiger partial charge in [0.1, 0.15) is 0 Å². The van der Waals surface area contributed by atoms with Crippen molar-refractivity contribution in [2.75, 3.05) is 0 Å². The topological polar surface area (TPSA) is 82.6 Å².